The molecule has 0 spiro atoms. The Morgan fingerprint density at radius 1 is 1.19 bits per heavy atom. The Hall–Kier alpha value is -0.510. The summed E-state index contributed by atoms with van der Waals surface area (Å²) in [7, 11) is 0. The van der Waals surface area contributed by atoms with Gasteiger partial charge in [0.15, 0.2) is 0 Å². The Bertz CT molecular complexity index is 473. The van der Waals surface area contributed by atoms with E-state index in [-0.39, 0.29) is 0 Å². The lowest BCUT2D eigenvalue weighted by Gasteiger charge is -2.03. The van der Waals surface area contributed by atoms with Gasteiger partial charge in [0.05, 0.1) is 0 Å². The van der Waals surface area contributed by atoms with E-state index in [9.17, 15) is 0 Å². The topological polar surface area (TPSA) is 12.9 Å². The van der Waals surface area contributed by atoms with Crippen LogP contribution in [0.15, 0.2) is 52.1 Å². The fourth-order valence-corrected chi connectivity index (χ4v) is 2.80. The molecular formula is C12H9BrClNS. The van der Waals surface area contributed by atoms with Crippen molar-refractivity contribution in [3.8, 4) is 0 Å². The first-order valence-electron chi connectivity index (χ1n) is 4.72. The number of halogens is 2. The molecule has 2 aromatic rings. The highest BCUT2D eigenvalue weighted by Crippen LogP contribution is 2.29. The van der Waals surface area contributed by atoms with Crippen molar-refractivity contribution >= 4 is 39.3 Å². The van der Waals surface area contributed by atoms with Gasteiger partial charge in [-0.15, -0.1) is 11.8 Å². The molecule has 0 fully saturated rings. The Labute approximate surface area is 112 Å². The quantitative estimate of drug-likeness (QED) is 0.756. The summed E-state index contributed by atoms with van der Waals surface area (Å²) >= 11 is 11.1. The molecule has 1 heterocycles. The smallest absolute Gasteiger partial charge is 0.0494 e. The molecule has 0 radical (unpaired) electrons. The van der Waals surface area contributed by atoms with Gasteiger partial charge in [0, 0.05) is 32.5 Å². The summed E-state index contributed by atoms with van der Waals surface area (Å²) in [6, 6.07) is 9.93. The van der Waals surface area contributed by atoms with Crippen molar-refractivity contribution in [2.24, 2.45) is 0 Å². The number of pyridine rings is 1. The number of aromatic nitrogens is 1. The van der Waals surface area contributed by atoms with Crippen molar-refractivity contribution in [2.75, 3.05) is 0 Å². The van der Waals surface area contributed by atoms with Gasteiger partial charge in [-0.1, -0.05) is 23.7 Å². The largest absolute Gasteiger partial charge is 0.263 e. The molecule has 1 aromatic heterocycles. The second-order valence-electron chi connectivity index (χ2n) is 3.22. The average molecular weight is 315 g/mol. The molecule has 16 heavy (non-hydrogen) atoms. The van der Waals surface area contributed by atoms with Gasteiger partial charge in [-0.25, -0.2) is 0 Å². The predicted octanol–water partition coefficient (Wildman–Crippen LogP) is 4.79. The highest BCUT2D eigenvalue weighted by Gasteiger charge is 2.00. The molecule has 0 aliphatic heterocycles. The van der Waals surface area contributed by atoms with Crippen molar-refractivity contribution in [1.29, 1.82) is 0 Å². The fraction of sp³-hybridized carbons (Fsp3) is 0.0833. The number of thioether (sulfide) groups is 1. The van der Waals surface area contributed by atoms with Gasteiger partial charge in [0.1, 0.15) is 0 Å². The van der Waals surface area contributed by atoms with Gasteiger partial charge in [-0.05, 0) is 39.7 Å². The standard InChI is InChI=1S/C12H9BrClNS/c13-11-7-15-6-5-12(11)16-8-9-1-3-10(14)4-2-9/h1-7H,8H2. The number of nitrogens with zero attached hydrogens (tertiary/aromatic N) is 1. The van der Waals surface area contributed by atoms with Crippen molar-refractivity contribution in [3.05, 3.63) is 57.8 Å². The second kappa shape index (κ2) is 5.71. The molecule has 4 heteroatoms. The van der Waals surface area contributed by atoms with Crippen LogP contribution in [0.1, 0.15) is 5.56 Å². The van der Waals surface area contributed by atoms with Crippen LogP contribution in [0.2, 0.25) is 5.02 Å². The first-order valence-corrected chi connectivity index (χ1v) is 6.88. The molecule has 0 aliphatic carbocycles. The van der Waals surface area contributed by atoms with Crippen molar-refractivity contribution < 1.29 is 0 Å². The maximum atomic E-state index is 5.83. The summed E-state index contributed by atoms with van der Waals surface area (Å²) in [6.07, 6.45) is 3.61. The maximum absolute atomic E-state index is 5.83. The Morgan fingerprint density at radius 2 is 1.94 bits per heavy atom. The van der Waals surface area contributed by atoms with E-state index in [0.717, 1.165) is 15.2 Å². The number of rotatable bonds is 3. The zero-order chi connectivity index (χ0) is 11.4. The molecule has 0 bridgehead atoms. The number of hydrogen-bond acceptors (Lipinski definition) is 2. The van der Waals surface area contributed by atoms with Crippen LogP contribution in [0.5, 0.6) is 0 Å². The molecular weight excluding hydrogens is 306 g/mol. The third kappa shape index (κ3) is 3.24. The molecule has 82 valence electrons. The van der Waals surface area contributed by atoms with E-state index in [1.54, 1.807) is 18.0 Å². The van der Waals surface area contributed by atoms with Gasteiger partial charge in [0.25, 0.3) is 0 Å². The lowest BCUT2D eigenvalue weighted by atomic mass is 10.2. The minimum atomic E-state index is 0.777. The highest BCUT2D eigenvalue weighted by molar-refractivity contribution is 9.10. The van der Waals surface area contributed by atoms with Crippen LogP contribution in [0.25, 0.3) is 0 Å². The van der Waals surface area contributed by atoms with E-state index in [1.807, 2.05) is 36.5 Å². The highest BCUT2D eigenvalue weighted by atomic mass is 79.9. The van der Waals surface area contributed by atoms with E-state index >= 15 is 0 Å². The molecule has 0 atom stereocenters. The molecule has 1 nitrogen and oxygen atoms in total. The van der Waals surface area contributed by atoms with Crippen LogP contribution in [-0.2, 0) is 5.75 Å². The zero-order valence-corrected chi connectivity index (χ0v) is 11.5. The molecule has 0 N–H and O–H groups in total. The van der Waals surface area contributed by atoms with Crippen molar-refractivity contribution in [2.45, 2.75) is 10.6 Å². The Balaban J connectivity index is 2.02. The van der Waals surface area contributed by atoms with Crippen LogP contribution in [-0.4, -0.2) is 4.98 Å². The first-order chi connectivity index (χ1) is 7.75. The SMILES string of the molecule is Clc1ccc(CSc2ccncc2Br)cc1. The third-order valence-electron chi connectivity index (χ3n) is 2.04. The van der Waals surface area contributed by atoms with Crippen LogP contribution in [0.3, 0.4) is 0 Å². The molecule has 0 saturated heterocycles. The molecule has 1 aromatic carbocycles. The summed E-state index contributed by atoms with van der Waals surface area (Å²) in [4.78, 5) is 5.23. The first kappa shape index (κ1) is 12.0. The average Bonchev–Trinajstić information content (AvgIpc) is 2.30. The summed E-state index contributed by atoms with van der Waals surface area (Å²) in [6.45, 7) is 0. The van der Waals surface area contributed by atoms with Gasteiger partial charge < -0.3 is 0 Å². The normalized spacial score (nSPS) is 10.4. The van der Waals surface area contributed by atoms with Gasteiger partial charge in [-0.2, -0.15) is 0 Å². The summed E-state index contributed by atoms with van der Waals surface area (Å²) in [5.74, 6) is 0.930. The Morgan fingerprint density at radius 3 is 2.62 bits per heavy atom. The predicted molar refractivity (Wildman–Crippen MR) is 73.0 cm³/mol. The number of benzene rings is 1. The van der Waals surface area contributed by atoms with E-state index < -0.39 is 0 Å². The minimum Gasteiger partial charge on any atom is -0.263 e. The number of hydrogen-bond donors (Lipinski definition) is 0. The fourth-order valence-electron chi connectivity index (χ4n) is 1.22. The monoisotopic (exact) mass is 313 g/mol. The van der Waals surface area contributed by atoms with E-state index in [0.29, 0.717) is 0 Å². The Kier molecular flexibility index (Phi) is 4.27. The van der Waals surface area contributed by atoms with Crippen LogP contribution in [0.4, 0.5) is 0 Å². The van der Waals surface area contributed by atoms with Crippen LogP contribution in [0, 0.1) is 0 Å². The summed E-state index contributed by atoms with van der Waals surface area (Å²) < 4.78 is 1.04. The van der Waals surface area contributed by atoms with Crippen LogP contribution < -0.4 is 0 Å². The van der Waals surface area contributed by atoms with E-state index in [1.165, 1.54) is 10.5 Å². The lowest BCUT2D eigenvalue weighted by Crippen LogP contribution is -1.81. The molecule has 2 rings (SSSR count). The third-order valence-corrected chi connectivity index (χ3v) is 4.33. The zero-order valence-electron chi connectivity index (χ0n) is 8.36. The minimum absolute atomic E-state index is 0.777. The van der Waals surface area contributed by atoms with Crippen LogP contribution >= 0.6 is 39.3 Å². The van der Waals surface area contributed by atoms with E-state index in [2.05, 4.69) is 20.9 Å². The van der Waals surface area contributed by atoms with Crippen molar-refractivity contribution in [1.82, 2.24) is 4.98 Å². The molecule has 0 amide bonds. The lowest BCUT2D eigenvalue weighted by molar-refractivity contribution is 1.23. The molecule has 0 saturated carbocycles. The van der Waals surface area contributed by atoms with E-state index in [4.69, 9.17) is 11.6 Å². The second-order valence-corrected chi connectivity index (χ2v) is 5.53. The van der Waals surface area contributed by atoms with Gasteiger partial charge >= 0.3 is 0 Å². The summed E-state index contributed by atoms with van der Waals surface area (Å²) in [5.41, 5.74) is 1.26. The van der Waals surface area contributed by atoms with Crippen molar-refractivity contribution in [3.63, 3.8) is 0 Å². The molecule has 0 unspecified atom stereocenters. The van der Waals surface area contributed by atoms with Gasteiger partial charge in [-0.3, -0.25) is 4.98 Å². The van der Waals surface area contributed by atoms with Gasteiger partial charge in [0.2, 0.25) is 0 Å². The summed E-state index contributed by atoms with van der Waals surface area (Å²) in [5, 5.41) is 0.777. The maximum Gasteiger partial charge on any atom is 0.0494 e. The molecule has 0 aliphatic rings.